The van der Waals surface area contributed by atoms with Crippen LogP contribution in [0, 0.1) is 76.2 Å². The van der Waals surface area contributed by atoms with Crippen LogP contribution in [-0.2, 0) is 80.4 Å². The van der Waals surface area contributed by atoms with Crippen molar-refractivity contribution in [3.05, 3.63) is 557 Å². The van der Waals surface area contributed by atoms with Crippen molar-refractivity contribution in [3.8, 4) is 135 Å². The summed E-state index contributed by atoms with van der Waals surface area (Å²) in [5, 5.41) is 4.77. The first kappa shape index (κ1) is 102. The number of benzene rings is 14. The summed E-state index contributed by atoms with van der Waals surface area (Å²) < 4.78 is 0. The maximum atomic E-state index is 4.58. The summed E-state index contributed by atoms with van der Waals surface area (Å²) in [5.41, 5.74) is 30.5. The third kappa shape index (κ3) is 29.4. The number of hydrogen-bond acceptors (Lipinski definition) is 8. The largest absolute Gasteiger partial charge is 0.305 e. The van der Waals surface area contributed by atoms with Gasteiger partial charge in [0.05, 0.1) is 0 Å². The molecule has 12 heteroatoms. The van der Waals surface area contributed by atoms with Gasteiger partial charge in [-0.3, -0.25) is 0 Å². The monoisotopic (exact) mass is 2460 g/mol. The number of aromatic nitrogens is 8. The molecule has 0 fully saturated rings. The summed E-state index contributed by atoms with van der Waals surface area (Å²) in [7, 11) is 0. The Kier molecular flexibility index (Phi) is 40.9. The minimum atomic E-state index is 0. The quantitative estimate of drug-likeness (QED) is 0.111. The van der Waals surface area contributed by atoms with Gasteiger partial charge in [0.25, 0.3) is 0 Å². The molecule has 0 aliphatic heterocycles. The molecule has 0 unspecified atom stereocenters. The third-order valence-electron chi connectivity index (χ3n) is 21.3. The van der Waals surface area contributed by atoms with Gasteiger partial charge in [-0.1, -0.05) is 224 Å². The normalized spacial score (nSPS) is 9.97. The van der Waals surface area contributed by atoms with E-state index in [0.717, 1.165) is 95.6 Å². The van der Waals surface area contributed by atoms with E-state index < -0.39 is 0 Å². The second-order valence-electron chi connectivity index (χ2n) is 30.5. The zero-order valence-electron chi connectivity index (χ0n) is 75.1. The molecule has 672 valence electrons. The van der Waals surface area contributed by atoms with Gasteiger partial charge in [0, 0.05) is 147 Å². The predicted molar refractivity (Wildman–Crippen MR) is 544 cm³/mol. The molecule has 0 amide bonds. The Morgan fingerprint density at radius 2 is 0.441 bits per heavy atom. The number of nitrogens with zero attached hydrogens (tertiary/aromatic N) is 8. The second kappa shape index (κ2) is 54.5. The van der Waals surface area contributed by atoms with Gasteiger partial charge in [0.2, 0.25) is 0 Å². The van der Waals surface area contributed by atoms with Crippen molar-refractivity contribution in [2.45, 2.75) is 27.7 Å². The molecule has 0 N–H and O–H groups in total. The van der Waals surface area contributed by atoms with Crippen LogP contribution >= 0.6 is 0 Å². The van der Waals surface area contributed by atoms with Crippen LogP contribution in [0.15, 0.2) is 486 Å². The molecule has 136 heavy (non-hydrogen) atoms. The molecule has 22 rings (SSSR count). The van der Waals surface area contributed by atoms with E-state index in [1.807, 2.05) is 365 Å². The van der Waals surface area contributed by atoms with Gasteiger partial charge in [-0.25, -0.2) is 0 Å². The zero-order chi connectivity index (χ0) is 90.4. The number of fused-ring (bicyclic) bond motifs is 2. The van der Waals surface area contributed by atoms with Gasteiger partial charge >= 0.3 is 0 Å². The van der Waals surface area contributed by atoms with Gasteiger partial charge < -0.3 is 39.9 Å². The molecule has 0 bridgehead atoms. The SMILES string of the molecule is Cc1cc(-c2[c-]cccc2)ncc1-c1ccccc1.Cc1cc(-c2[c-]cccc2)ncc1-c1ccccc1.Cc1ccc(-c2cnc(-c3[c-]cccc3)cc2C)cc1.[Ir].[Ir].[Ir].[Ir].[c-]1ccccc1-c1ccc(-c2ccccc2)cn1.[c-]1ccccc1-c1ccccn1.[c-]1ccccc1-c1ccccn1.[c-]1ccccc1-c1nccc2ccccc12.[c-]1ccccc1-c1nccc2ccccc12. The molecular formula is C124H92Ir4N8-8. The standard InChI is InChI=1S/C19H16N.2C18H14N.C17H12N.2C15H10N.2C11H8N.4Ir/c1-14-8-10-16(11-9-14)18-13-20-19(12-15(18)2)17-6-4-3-5-7-17;2*1-14-12-18(16-10-6-3-7-11-16)19-13-17(14)15-8-4-2-5-9-15;1-3-7-14(8-4-1)16-11-12-17(18-13-16)15-9-5-2-6-10-15;2*1-2-7-13(8-3-1)15-14-9-5-4-6-12(14)10-11-16-15;2*1-2-6-10(7-3-1)11-8-4-5-9-12-11;;;;/h3-6,8-13H,1-2H3;2*2-10,12-13H,1H3;1-9,11-13H;2*1-7,9-11H;2*1-6,8-9H;;;;/q8*-1;;;;. The second-order valence-corrected chi connectivity index (χ2v) is 30.5. The Balaban J connectivity index is 0.000000149. The Hall–Kier alpha value is -14.6. The van der Waals surface area contributed by atoms with Crippen molar-refractivity contribution < 1.29 is 80.4 Å². The summed E-state index contributed by atoms with van der Waals surface area (Å²) in [6.45, 7) is 8.47. The van der Waals surface area contributed by atoms with Gasteiger partial charge in [0.15, 0.2) is 0 Å². The van der Waals surface area contributed by atoms with Crippen LogP contribution in [0.1, 0.15) is 22.3 Å². The number of rotatable bonds is 12. The molecule has 22 aromatic rings. The van der Waals surface area contributed by atoms with Crippen LogP contribution in [0.25, 0.3) is 156 Å². The van der Waals surface area contributed by atoms with Crippen molar-refractivity contribution in [1.29, 1.82) is 0 Å². The van der Waals surface area contributed by atoms with Crippen molar-refractivity contribution in [2.24, 2.45) is 0 Å². The first-order valence-corrected chi connectivity index (χ1v) is 43.6. The van der Waals surface area contributed by atoms with E-state index in [1.165, 1.54) is 82.7 Å². The molecule has 0 saturated carbocycles. The van der Waals surface area contributed by atoms with Gasteiger partial charge in [-0.05, 0) is 164 Å². The molecule has 4 radical (unpaired) electrons. The molecule has 8 aromatic heterocycles. The summed E-state index contributed by atoms with van der Waals surface area (Å²) in [6, 6.07) is 171. The molecule has 14 aromatic carbocycles. The zero-order valence-corrected chi connectivity index (χ0v) is 84.7. The molecule has 8 nitrogen and oxygen atoms in total. The smallest absolute Gasteiger partial charge is 0.0242 e. The molecule has 8 heterocycles. The van der Waals surface area contributed by atoms with Gasteiger partial charge in [0.1, 0.15) is 0 Å². The molecule has 0 atom stereocenters. The topological polar surface area (TPSA) is 103 Å². The Morgan fingerprint density at radius 3 is 0.735 bits per heavy atom. The third-order valence-corrected chi connectivity index (χ3v) is 21.3. The van der Waals surface area contributed by atoms with E-state index in [9.17, 15) is 0 Å². The first-order valence-electron chi connectivity index (χ1n) is 43.6. The van der Waals surface area contributed by atoms with E-state index in [4.69, 9.17) is 0 Å². The molecule has 0 aliphatic carbocycles. The first-order chi connectivity index (χ1) is 65.2. The fourth-order valence-corrected chi connectivity index (χ4v) is 14.4. The van der Waals surface area contributed by atoms with Crippen LogP contribution in [-0.4, -0.2) is 39.9 Å². The molecule has 0 aliphatic rings. The maximum Gasteiger partial charge on any atom is 0.0242 e. The predicted octanol–water partition coefficient (Wildman–Crippen LogP) is 30.6. The van der Waals surface area contributed by atoms with Crippen molar-refractivity contribution in [2.75, 3.05) is 0 Å². The summed E-state index contributed by atoms with van der Waals surface area (Å²) in [5.74, 6) is 0. The van der Waals surface area contributed by atoms with E-state index >= 15 is 0 Å². The Morgan fingerprint density at radius 1 is 0.176 bits per heavy atom. The fraction of sp³-hybridized carbons (Fsp3) is 0.0323. The Bertz CT molecular complexity index is 6760. The van der Waals surface area contributed by atoms with Gasteiger partial charge in [-0.15, -0.1) is 287 Å². The van der Waals surface area contributed by atoms with Crippen LogP contribution in [0.2, 0.25) is 0 Å². The van der Waals surface area contributed by atoms with Crippen LogP contribution in [0.5, 0.6) is 0 Å². The summed E-state index contributed by atoms with van der Waals surface area (Å²) in [4.78, 5) is 35.5. The number of pyridine rings is 8. The minimum Gasteiger partial charge on any atom is -0.305 e. The average Bonchev–Trinajstić information content (AvgIpc) is 0.803. The maximum absolute atomic E-state index is 4.58. The Labute approximate surface area is 853 Å². The van der Waals surface area contributed by atoms with E-state index in [1.54, 1.807) is 12.4 Å². The number of aryl methyl sites for hydroxylation is 4. The molecule has 0 spiro atoms. The molecular weight excluding hydrogens is 2370 g/mol. The van der Waals surface area contributed by atoms with E-state index in [2.05, 4.69) is 225 Å². The van der Waals surface area contributed by atoms with Crippen molar-refractivity contribution >= 4 is 21.5 Å². The molecule has 0 saturated heterocycles. The van der Waals surface area contributed by atoms with Crippen molar-refractivity contribution in [1.82, 2.24) is 39.9 Å². The average molecular weight is 2460 g/mol. The summed E-state index contributed by atoms with van der Waals surface area (Å²) >= 11 is 0. The van der Waals surface area contributed by atoms with Gasteiger partial charge in [-0.2, -0.15) is 0 Å². The minimum absolute atomic E-state index is 0. The van der Waals surface area contributed by atoms with E-state index in [0.29, 0.717) is 0 Å². The fourth-order valence-electron chi connectivity index (χ4n) is 14.4. The summed E-state index contributed by atoms with van der Waals surface area (Å²) in [6.07, 6.45) is 15.0. The van der Waals surface area contributed by atoms with Crippen LogP contribution in [0.4, 0.5) is 0 Å². The van der Waals surface area contributed by atoms with Crippen LogP contribution in [0.3, 0.4) is 0 Å². The van der Waals surface area contributed by atoms with Crippen molar-refractivity contribution in [3.63, 3.8) is 0 Å². The van der Waals surface area contributed by atoms with Crippen LogP contribution < -0.4 is 0 Å². The van der Waals surface area contributed by atoms with E-state index in [-0.39, 0.29) is 80.4 Å². The number of hydrogen-bond donors (Lipinski definition) is 0.